The van der Waals surface area contributed by atoms with Crippen LogP contribution in [0.5, 0.6) is 0 Å². The monoisotopic (exact) mass is 328 g/mol. The molecule has 1 aliphatic carbocycles. The predicted octanol–water partition coefficient (Wildman–Crippen LogP) is 1.42. The average Bonchev–Trinajstić information content (AvgIpc) is 2.89. The second-order valence-electron chi connectivity index (χ2n) is 5.70. The van der Waals surface area contributed by atoms with Crippen molar-refractivity contribution in [2.24, 2.45) is 17.8 Å². The number of aliphatic hydroxyl groups excluding tert-OH is 1. The van der Waals surface area contributed by atoms with Crippen molar-refractivity contribution >= 4 is 16.1 Å². The molecule has 1 aliphatic rings. The summed E-state index contributed by atoms with van der Waals surface area (Å²) in [6, 6.07) is 6.27. The number of aliphatic carboxylic acids is 1. The molecule has 1 fully saturated rings. The maximum absolute atomic E-state index is 12.1. The van der Waals surface area contributed by atoms with Crippen molar-refractivity contribution in [3.8, 4) is 0 Å². The fourth-order valence-electron chi connectivity index (χ4n) is 2.92. The van der Waals surface area contributed by atoms with Gasteiger partial charge in [-0.3, -0.25) is 8.98 Å². The van der Waals surface area contributed by atoms with Gasteiger partial charge in [-0.25, -0.2) is 0 Å². The fourth-order valence-corrected chi connectivity index (χ4v) is 3.88. The largest absolute Gasteiger partial charge is 0.481 e. The van der Waals surface area contributed by atoms with E-state index in [4.69, 9.17) is 4.18 Å². The first-order chi connectivity index (χ1) is 10.3. The Bertz CT molecular complexity index is 622. The smallest absolute Gasteiger partial charge is 0.307 e. The van der Waals surface area contributed by atoms with Gasteiger partial charge in [0.25, 0.3) is 10.1 Å². The summed E-state index contributed by atoms with van der Waals surface area (Å²) in [7, 11) is -3.89. The van der Waals surface area contributed by atoms with Crippen LogP contribution in [0.25, 0.3) is 0 Å². The molecule has 2 rings (SSSR count). The van der Waals surface area contributed by atoms with Crippen LogP contribution in [0.3, 0.4) is 0 Å². The quantitative estimate of drug-likeness (QED) is 0.766. The normalized spacial score (nSPS) is 25.3. The number of benzene rings is 1. The Balaban J connectivity index is 2.05. The Morgan fingerprint density at radius 2 is 1.82 bits per heavy atom. The molecular formula is C15H20O6S. The number of hydrogen-bond acceptors (Lipinski definition) is 5. The van der Waals surface area contributed by atoms with E-state index < -0.39 is 27.9 Å². The van der Waals surface area contributed by atoms with Crippen LogP contribution < -0.4 is 0 Å². The van der Waals surface area contributed by atoms with Crippen LogP contribution in [0.15, 0.2) is 29.2 Å². The van der Waals surface area contributed by atoms with Crippen molar-refractivity contribution in [2.75, 3.05) is 13.2 Å². The van der Waals surface area contributed by atoms with Gasteiger partial charge in [0.1, 0.15) is 0 Å². The number of aryl methyl sites for hydroxylation is 1. The van der Waals surface area contributed by atoms with E-state index in [2.05, 4.69) is 0 Å². The van der Waals surface area contributed by atoms with Gasteiger partial charge < -0.3 is 10.2 Å². The molecule has 0 heterocycles. The van der Waals surface area contributed by atoms with Gasteiger partial charge in [0.2, 0.25) is 0 Å². The standard InChI is InChI=1S/C15H20O6S/c1-10-2-6-13(7-3-10)22(19,20)21-9-12-5-4-11(8-16)14(12)15(17)18/h2-3,6-7,11-12,14,16H,4-5,8-9H2,1H3,(H,17,18). The Kier molecular flexibility index (Phi) is 5.20. The van der Waals surface area contributed by atoms with Gasteiger partial charge in [-0.05, 0) is 43.7 Å². The van der Waals surface area contributed by atoms with Gasteiger partial charge >= 0.3 is 5.97 Å². The molecule has 0 aliphatic heterocycles. The molecule has 3 unspecified atom stereocenters. The first kappa shape index (κ1) is 16.9. The van der Waals surface area contributed by atoms with Crippen LogP contribution in [-0.2, 0) is 19.1 Å². The third-order valence-corrected chi connectivity index (χ3v) is 5.49. The number of rotatable bonds is 6. The van der Waals surface area contributed by atoms with E-state index in [1.807, 2.05) is 6.92 Å². The van der Waals surface area contributed by atoms with E-state index >= 15 is 0 Å². The second-order valence-corrected chi connectivity index (χ2v) is 7.31. The molecule has 1 saturated carbocycles. The molecule has 0 radical (unpaired) electrons. The lowest BCUT2D eigenvalue weighted by Crippen LogP contribution is -2.29. The Labute approximate surface area is 129 Å². The minimum Gasteiger partial charge on any atom is -0.481 e. The van der Waals surface area contributed by atoms with E-state index in [1.165, 1.54) is 12.1 Å². The van der Waals surface area contributed by atoms with Crippen molar-refractivity contribution in [1.82, 2.24) is 0 Å². The number of carboxylic acids is 1. The van der Waals surface area contributed by atoms with Crippen LogP contribution in [0.4, 0.5) is 0 Å². The molecule has 0 amide bonds. The summed E-state index contributed by atoms with van der Waals surface area (Å²) < 4.78 is 29.3. The van der Waals surface area contributed by atoms with Crippen molar-refractivity contribution in [3.05, 3.63) is 29.8 Å². The summed E-state index contributed by atoms with van der Waals surface area (Å²) in [4.78, 5) is 11.4. The van der Waals surface area contributed by atoms with E-state index in [0.29, 0.717) is 12.8 Å². The third-order valence-electron chi connectivity index (χ3n) is 4.19. The molecule has 122 valence electrons. The molecule has 0 spiro atoms. The van der Waals surface area contributed by atoms with Gasteiger partial charge in [-0.1, -0.05) is 17.7 Å². The Morgan fingerprint density at radius 3 is 2.36 bits per heavy atom. The lowest BCUT2D eigenvalue weighted by molar-refractivity contribution is -0.145. The summed E-state index contributed by atoms with van der Waals surface area (Å²) in [6.07, 6.45) is 1.09. The van der Waals surface area contributed by atoms with Crippen molar-refractivity contribution in [1.29, 1.82) is 0 Å². The summed E-state index contributed by atoms with van der Waals surface area (Å²) in [5.74, 6) is -2.53. The minimum absolute atomic E-state index is 0.0571. The average molecular weight is 328 g/mol. The number of hydrogen-bond donors (Lipinski definition) is 2. The van der Waals surface area contributed by atoms with Crippen molar-refractivity contribution in [2.45, 2.75) is 24.7 Å². The highest BCUT2D eigenvalue weighted by Gasteiger charge is 2.41. The first-order valence-electron chi connectivity index (χ1n) is 7.15. The van der Waals surface area contributed by atoms with Gasteiger partial charge in [0.05, 0.1) is 17.4 Å². The highest BCUT2D eigenvalue weighted by atomic mass is 32.2. The SMILES string of the molecule is Cc1ccc(S(=O)(=O)OCC2CCC(CO)C2C(=O)O)cc1. The molecule has 0 bridgehead atoms. The molecule has 6 nitrogen and oxygen atoms in total. The summed E-state index contributed by atoms with van der Waals surface area (Å²) in [6.45, 7) is 1.46. The van der Waals surface area contributed by atoms with Crippen LogP contribution in [0, 0.1) is 24.7 Å². The molecule has 7 heteroatoms. The Morgan fingerprint density at radius 1 is 1.23 bits per heavy atom. The van der Waals surface area contributed by atoms with Gasteiger partial charge in [0.15, 0.2) is 0 Å². The summed E-state index contributed by atoms with van der Waals surface area (Å²) in [5, 5.41) is 18.5. The van der Waals surface area contributed by atoms with E-state index in [1.54, 1.807) is 12.1 Å². The van der Waals surface area contributed by atoms with E-state index in [0.717, 1.165) is 5.56 Å². The lowest BCUT2D eigenvalue weighted by Gasteiger charge is -2.19. The second kappa shape index (κ2) is 6.76. The fraction of sp³-hybridized carbons (Fsp3) is 0.533. The van der Waals surface area contributed by atoms with Crippen molar-refractivity contribution < 1.29 is 27.6 Å². The highest BCUT2D eigenvalue weighted by molar-refractivity contribution is 7.86. The van der Waals surface area contributed by atoms with Gasteiger partial charge in [-0.15, -0.1) is 0 Å². The topological polar surface area (TPSA) is 101 Å². The zero-order valence-corrected chi connectivity index (χ0v) is 13.1. The van der Waals surface area contributed by atoms with Crippen LogP contribution >= 0.6 is 0 Å². The van der Waals surface area contributed by atoms with Crippen LogP contribution in [0.2, 0.25) is 0 Å². The zero-order chi connectivity index (χ0) is 16.3. The molecule has 1 aromatic carbocycles. The molecule has 1 aromatic rings. The lowest BCUT2D eigenvalue weighted by atomic mass is 9.90. The van der Waals surface area contributed by atoms with E-state index in [-0.39, 0.29) is 24.0 Å². The number of carboxylic acid groups (broad SMARTS) is 1. The van der Waals surface area contributed by atoms with Crippen LogP contribution in [-0.4, -0.2) is 37.8 Å². The molecular weight excluding hydrogens is 308 g/mol. The number of aliphatic hydroxyl groups is 1. The third kappa shape index (κ3) is 3.66. The first-order valence-corrected chi connectivity index (χ1v) is 8.55. The molecule has 2 N–H and O–H groups in total. The summed E-state index contributed by atoms with van der Waals surface area (Å²) >= 11 is 0. The maximum atomic E-state index is 12.1. The summed E-state index contributed by atoms with van der Waals surface area (Å²) in [5.41, 5.74) is 0.937. The number of carbonyl (C=O) groups is 1. The molecule has 0 aromatic heterocycles. The highest BCUT2D eigenvalue weighted by Crippen LogP contribution is 2.37. The molecule has 22 heavy (non-hydrogen) atoms. The Hall–Kier alpha value is -1.44. The van der Waals surface area contributed by atoms with Crippen LogP contribution in [0.1, 0.15) is 18.4 Å². The van der Waals surface area contributed by atoms with E-state index in [9.17, 15) is 23.4 Å². The van der Waals surface area contributed by atoms with Gasteiger partial charge in [0, 0.05) is 6.61 Å². The molecule has 0 saturated heterocycles. The minimum atomic E-state index is -3.89. The predicted molar refractivity (Wildman–Crippen MR) is 78.7 cm³/mol. The van der Waals surface area contributed by atoms with Gasteiger partial charge in [-0.2, -0.15) is 8.42 Å². The molecule has 3 atom stereocenters. The van der Waals surface area contributed by atoms with Crippen molar-refractivity contribution in [3.63, 3.8) is 0 Å². The maximum Gasteiger partial charge on any atom is 0.307 e. The zero-order valence-electron chi connectivity index (χ0n) is 12.3.